The minimum Gasteiger partial charge on any atom is -0.507 e. The zero-order chi connectivity index (χ0) is 13.0. The molecule has 0 aliphatic carbocycles. The predicted molar refractivity (Wildman–Crippen MR) is 73.4 cm³/mol. The summed E-state index contributed by atoms with van der Waals surface area (Å²) in [5.74, 6) is 0.813. The first-order valence-electron chi connectivity index (χ1n) is 5.36. The fourth-order valence-corrected chi connectivity index (χ4v) is 1.68. The molecule has 0 aliphatic rings. The molecule has 0 aliphatic heterocycles. The molecule has 0 saturated carbocycles. The summed E-state index contributed by atoms with van der Waals surface area (Å²) in [5, 5.41) is 10.2. The Labute approximate surface area is 110 Å². The van der Waals surface area contributed by atoms with Crippen LogP contribution in [0.25, 0.3) is 0 Å². The molecule has 2 rings (SSSR count). The molecule has 2 aromatic carbocycles. The molecule has 2 aromatic rings. The molecule has 0 saturated heterocycles. The number of phenolic OH excluding ortho intramolecular Hbond substituents is 1. The fraction of sp³-hybridized carbons (Fsp3) is 0.0714. The van der Waals surface area contributed by atoms with Crippen molar-refractivity contribution in [2.24, 2.45) is 4.99 Å². The minimum atomic E-state index is 0.137. The number of para-hydroxylation sites is 2. The highest BCUT2D eigenvalue weighted by atomic mass is 35.5. The summed E-state index contributed by atoms with van der Waals surface area (Å²) in [6.07, 6.45) is 1.55. The summed E-state index contributed by atoms with van der Waals surface area (Å²) in [6.45, 7) is 0. The van der Waals surface area contributed by atoms with Gasteiger partial charge in [0.05, 0.1) is 7.11 Å². The molecule has 92 valence electrons. The number of benzene rings is 2. The molecule has 0 aromatic heterocycles. The molecular formula is C14H12ClNO2. The van der Waals surface area contributed by atoms with Crippen LogP contribution < -0.4 is 4.74 Å². The molecule has 0 bridgehead atoms. The van der Waals surface area contributed by atoms with Gasteiger partial charge in [-0.2, -0.15) is 0 Å². The van der Waals surface area contributed by atoms with E-state index >= 15 is 0 Å². The summed E-state index contributed by atoms with van der Waals surface area (Å²) in [7, 11) is 1.59. The van der Waals surface area contributed by atoms with E-state index in [1.54, 1.807) is 25.5 Å². The van der Waals surface area contributed by atoms with E-state index in [-0.39, 0.29) is 5.75 Å². The number of hydrogen-bond donors (Lipinski definition) is 1. The largest absolute Gasteiger partial charge is 0.507 e. The third kappa shape index (κ3) is 2.81. The van der Waals surface area contributed by atoms with Gasteiger partial charge >= 0.3 is 0 Å². The Bertz CT molecular complexity index is 582. The van der Waals surface area contributed by atoms with Crippen molar-refractivity contribution in [2.75, 3.05) is 7.11 Å². The maximum absolute atomic E-state index is 9.66. The molecule has 3 nitrogen and oxygen atoms in total. The molecule has 4 heteroatoms. The molecule has 1 N–H and O–H groups in total. The van der Waals surface area contributed by atoms with Crippen LogP contribution in [-0.4, -0.2) is 18.4 Å². The van der Waals surface area contributed by atoms with E-state index in [1.807, 2.05) is 24.3 Å². The Kier molecular flexibility index (Phi) is 3.85. The fourth-order valence-electron chi connectivity index (χ4n) is 1.50. The lowest BCUT2D eigenvalue weighted by Crippen LogP contribution is -1.85. The molecule has 18 heavy (non-hydrogen) atoms. The van der Waals surface area contributed by atoms with Gasteiger partial charge in [-0.25, -0.2) is 0 Å². The van der Waals surface area contributed by atoms with E-state index in [0.717, 1.165) is 0 Å². The van der Waals surface area contributed by atoms with Crippen molar-refractivity contribution in [3.8, 4) is 11.5 Å². The van der Waals surface area contributed by atoms with Crippen molar-refractivity contribution in [2.45, 2.75) is 0 Å². The van der Waals surface area contributed by atoms with Gasteiger partial charge in [-0.05, 0) is 30.3 Å². The third-order valence-corrected chi connectivity index (χ3v) is 2.65. The first-order chi connectivity index (χ1) is 8.70. The summed E-state index contributed by atoms with van der Waals surface area (Å²) in [6, 6.07) is 12.2. The van der Waals surface area contributed by atoms with Gasteiger partial charge in [-0.1, -0.05) is 23.7 Å². The highest BCUT2D eigenvalue weighted by Gasteiger charge is 2.01. The topological polar surface area (TPSA) is 41.8 Å². The average Bonchev–Trinajstić information content (AvgIpc) is 2.40. The highest BCUT2D eigenvalue weighted by molar-refractivity contribution is 6.30. The maximum atomic E-state index is 9.66. The van der Waals surface area contributed by atoms with Gasteiger partial charge in [-0.15, -0.1) is 0 Å². The van der Waals surface area contributed by atoms with Crippen molar-refractivity contribution < 1.29 is 9.84 Å². The van der Waals surface area contributed by atoms with Gasteiger partial charge in [0.1, 0.15) is 17.2 Å². The van der Waals surface area contributed by atoms with E-state index in [9.17, 15) is 5.11 Å². The molecule has 0 fully saturated rings. The smallest absolute Gasteiger partial charge is 0.144 e. The van der Waals surface area contributed by atoms with Crippen molar-refractivity contribution in [3.63, 3.8) is 0 Å². The van der Waals surface area contributed by atoms with Crippen molar-refractivity contribution in [3.05, 3.63) is 53.1 Å². The van der Waals surface area contributed by atoms with E-state index < -0.39 is 0 Å². The van der Waals surface area contributed by atoms with Crippen LogP contribution in [0.3, 0.4) is 0 Å². The Morgan fingerprint density at radius 2 is 2.00 bits per heavy atom. The number of hydrogen-bond acceptors (Lipinski definition) is 3. The Hall–Kier alpha value is -2.00. The van der Waals surface area contributed by atoms with Crippen LogP contribution in [0, 0.1) is 0 Å². The number of aromatic hydroxyl groups is 1. The van der Waals surface area contributed by atoms with Gasteiger partial charge in [-0.3, -0.25) is 4.99 Å². The zero-order valence-corrected chi connectivity index (χ0v) is 10.6. The first-order valence-corrected chi connectivity index (χ1v) is 5.74. The predicted octanol–water partition coefficient (Wildman–Crippen LogP) is 3.80. The monoisotopic (exact) mass is 261 g/mol. The van der Waals surface area contributed by atoms with Crippen molar-refractivity contribution in [1.29, 1.82) is 0 Å². The second-order valence-corrected chi connectivity index (χ2v) is 4.07. The Morgan fingerprint density at radius 1 is 1.22 bits per heavy atom. The van der Waals surface area contributed by atoms with Gasteiger partial charge in [0.25, 0.3) is 0 Å². The third-order valence-electron chi connectivity index (χ3n) is 2.42. The molecule has 0 unspecified atom stereocenters. The highest BCUT2D eigenvalue weighted by Crippen LogP contribution is 2.27. The van der Waals surface area contributed by atoms with Gasteiger partial charge < -0.3 is 9.84 Å². The van der Waals surface area contributed by atoms with E-state index in [1.165, 1.54) is 6.07 Å². The van der Waals surface area contributed by atoms with E-state index in [0.29, 0.717) is 22.0 Å². The number of nitrogens with zero attached hydrogens (tertiary/aromatic N) is 1. The van der Waals surface area contributed by atoms with Crippen molar-refractivity contribution >= 4 is 23.5 Å². The van der Waals surface area contributed by atoms with Crippen LogP contribution in [0.2, 0.25) is 5.02 Å². The second-order valence-electron chi connectivity index (χ2n) is 3.63. The Balaban J connectivity index is 2.33. The molecule has 0 radical (unpaired) electrons. The van der Waals surface area contributed by atoms with Crippen LogP contribution in [0.4, 0.5) is 5.69 Å². The van der Waals surface area contributed by atoms with Crippen LogP contribution in [0.5, 0.6) is 11.5 Å². The lowest BCUT2D eigenvalue weighted by molar-refractivity contribution is 0.416. The summed E-state index contributed by atoms with van der Waals surface area (Å²) < 4.78 is 5.19. The summed E-state index contributed by atoms with van der Waals surface area (Å²) in [4.78, 5) is 4.28. The van der Waals surface area contributed by atoms with Crippen LogP contribution >= 0.6 is 11.6 Å². The molecule has 0 heterocycles. The van der Waals surface area contributed by atoms with Crippen LogP contribution in [0.15, 0.2) is 47.5 Å². The van der Waals surface area contributed by atoms with Gasteiger partial charge in [0, 0.05) is 16.8 Å². The number of aliphatic imine (C=N–C) groups is 1. The van der Waals surface area contributed by atoms with Gasteiger partial charge in [0.15, 0.2) is 0 Å². The summed E-state index contributed by atoms with van der Waals surface area (Å²) >= 11 is 5.86. The number of phenols is 1. The van der Waals surface area contributed by atoms with Crippen LogP contribution in [0.1, 0.15) is 5.56 Å². The normalized spacial score (nSPS) is 10.8. The SMILES string of the molecule is COc1ccccc1N=Cc1cc(Cl)ccc1O. The zero-order valence-electron chi connectivity index (χ0n) is 9.80. The standard InChI is InChI=1S/C14H12ClNO2/c1-18-14-5-3-2-4-12(14)16-9-10-8-11(15)6-7-13(10)17/h2-9,17H,1H3. The maximum Gasteiger partial charge on any atom is 0.144 e. The number of methoxy groups -OCH3 is 1. The lowest BCUT2D eigenvalue weighted by Gasteiger charge is -2.03. The lowest BCUT2D eigenvalue weighted by atomic mass is 10.2. The molecule has 0 atom stereocenters. The number of halogens is 1. The van der Waals surface area contributed by atoms with E-state index in [4.69, 9.17) is 16.3 Å². The second kappa shape index (κ2) is 5.56. The number of rotatable bonds is 3. The molecule has 0 spiro atoms. The molecular weight excluding hydrogens is 250 g/mol. The quantitative estimate of drug-likeness (QED) is 0.854. The van der Waals surface area contributed by atoms with Crippen molar-refractivity contribution in [1.82, 2.24) is 0 Å². The van der Waals surface area contributed by atoms with Gasteiger partial charge in [0.2, 0.25) is 0 Å². The molecule has 0 amide bonds. The van der Waals surface area contributed by atoms with E-state index in [2.05, 4.69) is 4.99 Å². The van der Waals surface area contributed by atoms with Crippen LogP contribution in [-0.2, 0) is 0 Å². The first kappa shape index (κ1) is 12.5. The Morgan fingerprint density at radius 3 is 2.78 bits per heavy atom. The number of ether oxygens (including phenoxy) is 1. The average molecular weight is 262 g/mol. The minimum absolute atomic E-state index is 0.137. The summed E-state index contributed by atoms with van der Waals surface area (Å²) in [5.41, 5.74) is 1.26.